The highest BCUT2D eigenvalue weighted by Gasteiger charge is 2.20. The van der Waals surface area contributed by atoms with Gasteiger partial charge in [-0.2, -0.15) is 0 Å². The Morgan fingerprint density at radius 1 is 1.15 bits per heavy atom. The van der Waals surface area contributed by atoms with E-state index in [0.29, 0.717) is 17.2 Å². The average molecular weight is 372 g/mol. The van der Waals surface area contributed by atoms with Gasteiger partial charge in [-0.3, -0.25) is 4.98 Å². The van der Waals surface area contributed by atoms with Crippen molar-refractivity contribution in [1.29, 1.82) is 0 Å². The van der Waals surface area contributed by atoms with E-state index in [-0.39, 0.29) is 5.97 Å². The number of hydrogen-bond donors (Lipinski definition) is 0. The Kier molecular flexibility index (Phi) is 5.94. The van der Waals surface area contributed by atoms with E-state index >= 15 is 0 Å². The standard InChI is InChI=1S/C21H22ClNO3/c1-3-26-21(24)15-10-14(12-23-13-15)17-6-4-5-7-18(17)19-11-16(22)8-9-20(19)25-2/h8-13H,3-7H2,1-2H3. The summed E-state index contributed by atoms with van der Waals surface area (Å²) in [5.41, 5.74) is 4.83. The maximum atomic E-state index is 12.1. The number of carbonyl (C=O) groups excluding carboxylic acids is 1. The molecule has 0 bridgehead atoms. The molecule has 1 aliphatic rings. The van der Waals surface area contributed by atoms with Gasteiger partial charge >= 0.3 is 5.97 Å². The van der Waals surface area contributed by atoms with E-state index in [4.69, 9.17) is 21.1 Å². The third-order valence-corrected chi connectivity index (χ3v) is 4.79. The van der Waals surface area contributed by atoms with Gasteiger partial charge in [0, 0.05) is 23.0 Å². The molecule has 1 aromatic heterocycles. The molecular weight excluding hydrogens is 350 g/mol. The lowest BCUT2D eigenvalue weighted by molar-refractivity contribution is 0.0526. The molecule has 2 aromatic rings. The van der Waals surface area contributed by atoms with E-state index in [1.54, 1.807) is 26.4 Å². The van der Waals surface area contributed by atoms with Crippen LogP contribution in [0.3, 0.4) is 0 Å². The monoisotopic (exact) mass is 371 g/mol. The van der Waals surface area contributed by atoms with Gasteiger partial charge in [-0.25, -0.2) is 4.79 Å². The topological polar surface area (TPSA) is 48.4 Å². The SMILES string of the molecule is CCOC(=O)c1cncc(C2=C(c3cc(Cl)ccc3OC)CCCC2)c1. The molecule has 0 aliphatic heterocycles. The van der Waals surface area contributed by atoms with E-state index in [1.807, 2.05) is 24.3 Å². The fourth-order valence-electron chi connectivity index (χ4n) is 3.37. The van der Waals surface area contributed by atoms with Crippen molar-refractivity contribution in [1.82, 2.24) is 4.98 Å². The Morgan fingerprint density at radius 3 is 2.65 bits per heavy atom. The molecule has 0 atom stereocenters. The molecule has 0 spiro atoms. The first-order valence-corrected chi connectivity index (χ1v) is 9.20. The van der Waals surface area contributed by atoms with Crippen LogP contribution in [-0.2, 0) is 4.74 Å². The number of esters is 1. The zero-order chi connectivity index (χ0) is 18.5. The Hall–Kier alpha value is -2.33. The van der Waals surface area contributed by atoms with Crippen LogP contribution in [0.1, 0.15) is 54.1 Å². The summed E-state index contributed by atoms with van der Waals surface area (Å²) in [4.78, 5) is 16.3. The predicted molar refractivity (Wildman–Crippen MR) is 103 cm³/mol. The fourth-order valence-corrected chi connectivity index (χ4v) is 3.54. The van der Waals surface area contributed by atoms with Crippen molar-refractivity contribution in [3.63, 3.8) is 0 Å². The number of allylic oxidation sites excluding steroid dienone is 2. The molecule has 1 aromatic carbocycles. The summed E-state index contributed by atoms with van der Waals surface area (Å²) in [7, 11) is 1.67. The van der Waals surface area contributed by atoms with Gasteiger partial charge in [0.1, 0.15) is 5.75 Å². The predicted octanol–water partition coefficient (Wildman–Crippen LogP) is 5.41. The maximum absolute atomic E-state index is 12.1. The highest BCUT2D eigenvalue weighted by molar-refractivity contribution is 6.30. The Labute approximate surface area is 158 Å². The number of benzene rings is 1. The van der Waals surface area contributed by atoms with Gasteiger partial charge in [0.05, 0.1) is 19.3 Å². The van der Waals surface area contributed by atoms with Crippen molar-refractivity contribution in [2.75, 3.05) is 13.7 Å². The minimum absolute atomic E-state index is 0.344. The maximum Gasteiger partial charge on any atom is 0.339 e. The van der Waals surface area contributed by atoms with Crippen molar-refractivity contribution >= 4 is 28.7 Å². The van der Waals surface area contributed by atoms with Crippen LogP contribution in [0.2, 0.25) is 5.02 Å². The highest BCUT2D eigenvalue weighted by Crippen LogP contribution is 2.42. The van der Waals surface area contributed by atoms with Gasteiger partial charge in [-0.1, -0.05) is 11.6 Å². The molecule has 0 radical (unpaired) electrons. The summed E-state index contributed by atoms with van der Waals surface area (Å²) in [6.45, 7) is 2.14. The summed E-state index contributed by atoms with van der Waals surface area (Å²) < 4.78 is 10.7. The first-order valence-electron chi connectivity index (χ1n) is 8.82. The van der Waals surface area contributed by atoms with Crippen LogP contribution in [0.4, 0.5) is 0 Å². The number of nitrogens with zero attached hydrogens (tertiary/aromatic N) is 1. The molecule has 136 valence electrons. The highest BCUT2D eigenvalue weighted by atomic mass is 35.5. The lowest BCUT2D eigenvalue weighted by Crippen LogP contribution is -2.07. The van der Waals surface area contributed by atoms with Crippen LogP contribution in [0.25, 0.3) is 11.1 Å². The molecule has 0 amide bonds. The largest absolute Gasteiger partial charge is 0.496 e. The van der Waals surface area contributed by atoms with Crippen LogP contribution in [-0.4, -0.2) is 24.7 Å². The number of carbonyl (C=O) groups is 1. The zero-order valence-corrected chi connectivity index (χ0v) is 15.8. The van der Waals surface area contributed by atoms with Crippen molar-refractivity contribution in [3.8, 4) is 5.75 Å². The first-order chi connectivity index (χ1) is 12.6. The molecule has 0 saturated carbocycles. The number of methoxy groups -OCH3 is 1. The molecule has 5 heteroatoms. The summed E-state index contributed by atoms with van der Waals surface area (Å²) in [6, 6.07) is 7.53. The third-order valence-electron chi connectivity index (χ3n) is 4.55. The van der Waals surface area contributed by atoms with Gasteiger partial charge < -0.3 is 9.47 Å². The van der Waals surface area contributed by atoms with E-state index < -0.39 is 0 Å². The molecule has 26 heavy (non-hydrogen) atoms. The van der Waals surface area contributed by atoms with Crippen LogP contribution in [0.5, 0.6) is 5.75 Å². The van der Waals surface area contributed by atoms with Crippen molar-refractivity contribution in [2.45, 2.75) is 32.6 Å². The first kappa shape index (κ1) is 18.5. The second-order valence-corrected chi connectivity index (χ2v) is 6.63. The zero-order valence-electron chi connectivity index (χ0n) is 15.0. The van der Waals surface area contributed by atoms with E-state index in [0.717, 1.165) is 42.6 Å². The molecule has 0 saturated heterocycles. The number of halogens is 1. The molecule has 4 nitrogen and oxygen atoms in total. The fraction of sp³-hybridized carbons (Fsp3) is 0.333. The van der Waals surface area contributed by atoms with Crippen LogP contribution < -0.4 is 4.74 Å². The van der Waals surface area contributed by atoms with Gasteiger partial charge in [0.15, 0.2) is 0 Å². The minimum atomic E-state index is -0.347. The molecule has 1 aliphatic carbocycles. The van der Waals surface area contributed by atoms with E-state index in [2.05, 4.69) is 4.98 Å². The number of pyridine rings is 1. The van der Waals surface area contributed by atoms with Crippen LogP contribution in [0, 0.1) is 0 Å². The summed E-state index contributed by atoms with van der Waals surface area (Å²) in [6.07, 6.45) is 7.43. The van der Waals surface area contributed by atoms with Crippen molar-refractivity contribution in [3.05, 3.63) is 58.4 Å². The van der Waals surface area contributed by atoms with Crippen molar-refractivity contribution < 1.29 is 14.3 Å². The molecule has 0 N–H and O–H groups in total. The number of ether oxygens (including phenoxy) is 2. The lowest BCUT2D eigenvalue weighted by Gasteiger charge is -2.23. The normalized spacial score (nSPS) is 14.3. The Balaban J connectivity index is 2.10. The summed E-state index contributed by atoms with van der Waals surface area (Å²) in [5, 5.41) is 0.677. The number of aromatic nitrogens is 1. The molecular formula is C21H22ClNO3. The minimum Gasteiger partial charge on any atom is -0.496 e. The van der Waals surface area contributed by atoms with E-state index in [1.165, 1.54) is 11.1 Å². The van der Waals surface area contributed by atoms with Gasteiger partial charge in [-0.05, 0) is 73.6 Å². The number of hydrogen-bond acceptors (Lipinski definition) is 4. The summed E-state index contributed by atoms with van der Waals surface area (Å²) in [5.74, 6) is 0.457. The molecule has 0 fully saturated rings. The van der Waals surface area contributed by atoms with Crippen LogP contribution in [0.15, 0.2) is 36.7 Å². The van der Waals surface area contributed by atoms with Crippen molar-refractivity contribution in [2.24, 2.45) is 0 Å². The summed E-state index contributed by atoms with van der Waals surface area (Å²) >= 11 is 6.24. The second-order valence-electron chi connectivity index (χ2n) is 6.19. The third kappa shape index (κ3) is 3.91. The average Bonchev–Trinajstić information content (AvgIpc) is 2.68. The number of rotatable bonds is 5. The Morgan fingerprint density at radius 2 is 1.92 bits per heavy atom. The lowest BCUT2D eigenvalue weighted by atomic mass is 9.84. The second kappa shape index (κ2) is 8.37. The smallest absolute Gasteiger partial charge is 0.339 e. The quantitative estimate of drug-likeness (QED) is 0.660. The van der Waals surface area contributed by atoms with Gasteiger partial charge in [-0.15, -0.1) is 0 Å². The van der Waals surface area contributed by atoms with Crippen LogP contribution >= 0.6 is 11.6 Å². The molecule has 0 unspecified atom stereocenters. The Bertz CT molecular complexity index is 845. The van der Waals surface area contributed by atoms with Gasteiger partial charge in [0.2, 0.25) is 0 Å². The molecule has 1 heterocycles. The van der Waals surface area contributed by atoms with Gasteiger partial charge in [0.25, 0.3) is 0 Å². The van der Waals surface area contributed by atoms with E-state index in [9.17, 15) is 4.79 Å². The molecule has 3 rings (SSSR count).